The summed E-state index contributed by atoms with van der Waals surface area (Å²) in [6, 6.07) is 0. The predicted octanol–water partition coefficient (Wildman–Crippen LogP) is 6.24. The molecule has 1 radical (unpaired) electrons. The van der Waals surface area contributed by atoms with Crippen LogP contribution in [0.3, 0.4) is 0 Å². The van der Waals surface area contributed by atoms with Crippen molar-refractivity contribution in [3.63, 3.8) is 0 Å². The molecule has 0 spiro atoms. The molecule has 17 heavy (non-hydrogen) atoms. The average Bonchev–Trinajstić information content (AvgIpc) is 2.35. The van der Waals surface area contributed by atoms with Gasteiger partial charge < -0.3 is 0 Å². The third-order valence-corrected chi connectivity index (χ3v) is 2.98. The Bertz CT molecular complexity index is 176. The second-order valence-electron chi connectivity index (χ2n) is 4.76. The molecule has 0 aromatic carbocycles. The Labute approximate surface area is 109 Å². The van der Waals surface area contributed by atoms with Gasteiger partial charge in [0.1, 0.15) is 0 Å². The summed E-state index contributed by atoms with van der Waals surface area (Å²) in [4.78, 5) is 0. The minimum atomic E-state index is 1.05. The van der Waals surface area contributed by atoms with Crippen molar-refractivity contribution in [3.8, 4) is 0 Å². The summed E-state index contributed by atoms with van der Waals surface area (Å²) in [5, 5.41) is 0. The smallest absolute Gasteiger partial charge is 0.0348 e. The fourth-order valence-corrected chi connectivity index (χ4v) is 1.83. The van der Waals surface area contributed by atoms with Crippen LogP contribution >= 0.6 is 0 Å². The zero-order valence-electron chi connectivity index (χ0n) is 11.8. The second kappa shape index (κ2) is 15.5. The highest BCUT2D eigenvalue weighted by Gasteiger charge is 1.88. The lowest BCUT2D eigenvalue weighted by Gasteiger charge is -1.98. The van der Waals surface area contributed by atoms with Gasteiger partial charge in [-0.1, -0.05) is 83.1 Å². The van der Waals surface area contributed by atoms with Crippen molar-refractivity contribution in [2.45, 2.75) is 77.6 Å². The molecule has 0 heteroatoms. The first-order chi connectivity index (χ1) is 8.41. The maximum absolute atomic E-state index is 3.83. The monoisotopic (exact) mass is 235 g/mol. The predicted molar refractivity (Wildman–Crippen MR) is 80.1 cm³/mol. The second-order valence-corrected chi connectivity index (χ2v) is 4.76. The molecule has 99 valence electrons. The van der Waals surface area contributed by atoms with Gasteiger partial charge in [-0.05, 0) is 25.7 Å². The molecule has 0 saturated carbocycles. The van der Waals surface area contributed by atoms with Crippen LogP contribution in [-0.2, 0) is 0 Å². The van der Waals surface area contributed by atoms with Gasteiger partial charge in [0.2, 0.25) is 0 Å². The highest BCUT2D eigenvalue weighted by molar-refractivity contribution is 5.02. The lowest BCUT2D eigenvalue weighted by atomic mass is 10.1. The molecule has 0 aromatic heterocycles. The van der Waals surface area contributed by atoms with Crippen LogP contribution in [-0.4, -0.2) is 0 Å². The Morgan fingerprint density at radius 2 is 1.24 bits per heavy atom. The normalized spacial score (nSPS) is 11.9. The van der Waals surface area contributed by atoms with E-state index < -0.39 is 0 Å². The van der Waals surface area contributed by atoms with Crippen molar-refractivity contribution < 1.29 is 0 Å². The maximum atomic E-state index is 3.83. The molecule has 0 aliphatic carbocycles. The van der Waals surface area contributed by atoms with E-state index in [0.717, 1.165) is 6.42 Å². The van der Waals surface area contributed by atoms with Crippen LogP contribution in [0.15, 0.2) is 24.3 Å². The molecule has 0 aliphatic heterocycles. The van der Waals surface area contributed by atoms with Crippen LogP contribution in [0.1, 0.15) is 77.6 Å². The maximum Gasteiger partial charge on any atom is -0.0348 e. The minimum absolute atomic E-state index is 1.05. The standard InChI is InChI=1S/C17H31/c1-3-5-7-9-11-13-15-17-16-14-12-10-8-6-4-2/h9,11,13,15H,1,3-8,10,12,14,16-17H2,2H3. The van der Waals surface area contributed by atoms with Gasteiger partial charge in [0.05, 0.1) is 0 Å². The van der Waals surface area contributed by atoms with Gasteiger partial charge in [0, 0.05) is 0 Å². The molecule has 0 unspecified atom stereocenters. The fourth-order valence-electron chi connectivity index (χ4n) is 1.83. The quantitative estimate of drug-likeness (QED) is 0.277. The fraction of sp³-hybridized carbons (Fsp3) is 0.706. The molecule has 0 fully saturated rings. The van der Waals surface area contributed by atoms with Crippen molar-refractivity contribution in [1.82, 2.24) is 0 Å². The van der Waals surface area contributed by atoms with Gasteiger partial charge in [-0.15, -0.1) is 0 Å². The molecule has 0 amide bonds. The summed E-state index contributed by atoms with van der Waals surface area (Å²) < 4.78 is 0. The van der Waals surface area contributed by atoms with Gasteiger partial charge >= 0.3 is 0 Å². The molecule has 0 rings (SSSR count). The SMILES string of the molecule is [CH2]CCCC=CC=CCCCCCCCCC. The Hall–Kier alpha value is -0.520. The Morgan fingerprint density at radius 1 is 0.706 bits per heavy atom. The van der Waals surface area contributed by atoms with E-state index in [2.05, 4.69) is 38.2 Å². The van der Waals surface area contributed by atoms with Gasteiger partial charge in [-0.3, -0.25) is 0 Å². The van der Waals surface area contributed by atoms with Gasteiger partial charge in [0.15, 0.2) is 0 Å². The molecule has 0 aromatic rings. The molecule has 0 heterocycles. The Kier molecular flexibility index (Phi) is 15.0. The van der Waals surface area contributed by atoms with Gasteiger partial charge in [-0.2, -0.15) is 0 Å². The van der Waals surface area contributed by atoms with Crippen molar-refractivity contribution in [3.05, 3.63) is 31.2 Å². The Balaban J connectivity index is 3.11. The summed E-state index contributed by atoms with van der Waals surface area (Å²) in [5.74, 6) is 0. The van der Waals surface area contributed by atoms with E-state index in [1.54, 1.807) is 0 Å². The summed E-state index contributed by atoms with van der Waals surface area (Å²) in [6.07, 6.45) is 23.4. The first-order valence-corrected chi connectivity index (χ1v) is 7.52. The largest absolute Gasteiger partial charge is 0.0845 e. The van der Waals surface area contributed by atoms with E-state index in [4.69, 9.17) is 0 Å². The van der Waals surface area contributed by atoms with Crippen LogP contribution in [0.25, 0.3) is 0 Å². The summed E-state index contributed by atoms with van der Waals surface area (Å²) >= 11 is 0. The average molecular weight is 235 g/mol. The van der Waals surface area contributed by atoms with E-state index in [1.807, 2.05) is 0 Å². The van der Waals surface area contributed by atoms with E-state index in [9.17, 15) is 0 Å². The highest BCUT2D eigenvalue weighted by atomic mass is 13.9. The summed E-state index contributed by atoms with van der Waals surface area (Å²) in [5.41, 5.74) is 0. The van der Waals surface area contributed by atoms with E-state index in [0.29, 0.717) is 0 Å². The lowest BCUT2D eigenvalue weighted by Crippen LogP contribution is -1.78. The number of unbranched alkanes of at least 4 members (excludes halogenated alkanes) is 9. The van der Waals surface area contributed by atoms with Crippen LogP contribution in [0.4, 0.5) is 0 Å². The number of allylic oxidation sites excluding steroid dienone is 4. The molecule has 0 atom stereocenters. The van der Waals surface area contributed by atoms with Gasteiger partial charge in [-0.25, -0.2) is 0 Å². The summed E-state index contributed by atoms with van der Waals surface area (Å²) in [6.45, 7) is 6.10. The van der Waals surface area contributed by atoms with Crippen LogP contribution < -0.4 is 0 Å². The lowest BCUT2D eigenvalue weighted by molar-refractivity contribution is 0.592. The van der Waals surface area contributed by atoms with Gasteiger partial charge in [0.25, 0.3) is 0 Å². The van der Waals surface area contributed by atoms with E-state index >= 15 is 0 Å². The van der Waals surface area contributed by atoms with Crippen molar-refractivity contribution >= 4 is 0 Å². The minimum Gasteiger partial charge on any atom is -0.0845 e. The summed E-state index contributed by atoms with van der Waals surface area (Å²) in [7, 11) is 0. The van der Waals surface area contributed by atoms with Crippen molar-refractivity contribution in [2.75, 3.05) is 0 Å². The van der Waals surface area contributed by atoms with E-state index in [-0.39, 0.29) is 0 Å². The van der Waals surface area contributed by atoms with E-state index in [1.165, 1.54) is 64.2 Å². The highest BCUT2D eigenvalue weighted by Crippen LogP contribution is 2.08. The number of hydrogen-bond donors (Lipinski definition) is 0. The van der Waals surface area contributed by atoms with Crippen molar-refractivity contribution in [1.29, 1.82) is 0 Å². The topological polar surface area (TPSA) is 0 Å². The third-order valence-electron chi connectivity index (χ3n) is 2.98. The number of hydrogen-bond acceptors (Lipinski definition) is 0. The van der Waals surface area contributed by atoms with Crippen LogP contribution in [0.5, 0.6) is 0 Å². The molecular weight excluding hydrogens is 204 g/mol. The zero-order valence-corrected chi connectivity index (χ0v) is 11.8. The van der Waals surface area contributed by atoms with Crippen LogP contribution in [0.2, 0.25) is 0 Å². The molecule has 0 bridgehead atoms. The first kappa shape index (κ1) is 16.5. The molecule has 0 saturated heterocycles. The third kappa shape index (κ3) is 15.5. The molecule has 0 aliphatic rings. The Morgan fingerprint density at radius 3 is 1.82 bits per heavy atom. The zero-order chi connectivity index (χ0) is 12.6. The first-order valence-electron chi connectivity index (χ1n) is 7.52. The van der Waals surface area contributed by atoms with Crippen molar-refractivity contribution in [2.24, 2.45) is 0 Å². The molecule has 0 N–H and O–H groups in total. The molecule has 0 nitrogen and oxygen atoms in total. The molecular formula is C17H31. The van der Waals surface area contributed by atoms with Crippen LogP contribution in [0, 0.1) is 6.92 Å². The number of rotatable bonds is 12.